The molecular weight excluding hydrogens is 324 g/mol. The molecule has 2 rings (SSSR count). The number of hydrogen-bond acceptors (Lipinski definition) is 1. The van der Waals surface area contributed by atoms with E-state index in [1.165, 1.54) is 12.1 Å². The van der Waals surface area contributed by atoms with Gasteiger partial charge in [-0.25, -0.2) is 13.2 Å². The van der Waals surface area contributed by atoms with E-state index >= 15 is 0 Å². The zero-order chi connectivity index (χ0) is 10.3. The van der Waals surface area contributed by atoms with Gasteiger partial charge in [-0.3, -0.25) is 0 Å². The number of hydrogen-bond donors (Lipinski definition) is 0. The summed E-state index contributed by atoms with van der Waals surface area (Å²) in [4.78, 5) is -0.0805. The monoisotopic (exact) mass is 328 g/mol. The summed E-state index contributed by atoms with van der Waals surface area (Å²) in [6.45, 7) is 0. The second kappa shape index (κ2) is 3.69. The zero-order valence-corrected chi connectivity index (χ0v) is 9.70. The Balaban J connectivity index is 2.75. The van der Waals surface area contributed by atoms with Crippen molar-refractivity contribution in [2.75, 3.05) is 0 Å². The molecule has 0 spiro atoms. The summed E-state index contributed by atoms with van der Waals surface area (Å²) >= 11 is 2.82. The predicted octanol–water partition coefficient (Wildman–Crippen LogP) is 4.58. The summed E-state index contributed by atoms with van der Waals surface area (Å²) < 4.78 is 39.0. The van der Waals surface area contributed by atoms with Crippen LogP contribution in [0, 0.1) is 9.39 Å². The Kier molecular flexibility index (Phi) is 2.70. The van der Waals surface area contributed by atoms with E-state index < -0.39 is 12.2 Å². The van der Waals surface area contributed by atoms with Crippen LogP contribution in [0.2, 0.25) is 0 Å². The second-order valence-corrected chi connectivity index (χ2v) is 4.97. The topological polar surface area (TPSA) is 0 Å². The van der Waals surface area contributed by atoms with Crippen molar-refractivity contribution in [2.45, 2.75) is 6.43 Å². The van der Waals surface area contributed by atoms with Gasteiger partial charge in [0.1, 0.15) is 5.82 Å². The summed E-state index contributed by atoms with van der Waals surface area (Å²) in [6, 6.07) is 4.24. The first kappa shape index (κ1) is 10.2. The minimum absolute atomic E-state index is 0.0805. The highest BCUT2D eigenvalue weighted by Crippen LogP contribution is 2.35. The summed E-state index contributed by atoms with van der Waals surface area (Å²) in [5.74, 6) is -0.433. The van der Waals surface area contributed by atoms with Crippen molar-refractivity contribution < 1.29 is 13.2 Å². The average Bonchev–Trinajstić information content (AvgIpc) is 2.57. The van der Waals surface area contributed by atoms with Gasteiger partial charge in [-0.05, 0) is 40.8 Å². The molecule has 1 aromatic carbocycles. The number of fused-ring (bicyclic) bond motifs is 1. The normalized spacial score (nSPS) is 11.5. The number of alkyl halides is 2. The van der Waals surface area contributed by atoms with Crippen molar-refractivity contribution in [3.05, 3.63) is 32.5 Å². The van der Waals surface area contributed by atoms with Gasteiger partial charge in [0.05, 0.1) is 9.58 Å². The molecule has 0 fully saturated rings. The molecule has 5 heteroatoms. The molecule has 0 nitrogen and oxygen atoms in total. The van der Waals surface area contributed by atoms with Crippen LogP contribution in [0.5, 0.6) is 0 Å². The minimum atomic E-state index is -2.53. The average molecular weight is 328 g/mol. The first-order chi connectivity index (χ1) is 6.59. The third-order valence-electron chi connectivity index (χ3n) is 1.82. The number of benzene rings is 1. The Morgan fingerprint density at radius 3 is 2.57 bits per heavy atom. The van der Waals surface area contributed by atoms with Gasteiger partial charge < -0.3 is 0 Å². The predicted molar refractivity (Wildman–Crippen MR) is 59.5 cm³/mol. The molecule has 14 heavy (non-hydrogen) atoms. The lowest BCUT2D eigenvalue weighted by molar-refractivity contribution is 0.156. The van der Waals surface area contributed by atoms with Gasteiger partial charge in [0.2, 0.25) is 0 Å². The lowest BCUT2D eigenvalue weighted by Gasteiger charge is -1.93. The molecular formula is C9H4F3IS. The lowest BCUT2D eigenvalue weighted by atomic mass is 10.2. The fraction of sp³-hybridized carbons (Fsp3) is 0.111. The molecule has 0 radical (unpaired) electrons. The van der Waals surface area contributed by atoms with Gasteiger partial charge in [-0.1, -0.05) is 0 Å². The highest BCUT2D eigenvalue weighted by molar-refractivity contribution is 14.1. The van der Waals surface area contributed by atoms with E-state index in [2.05, 4.69) is 0 Å². The standard InChI is InChI=1S/C9H4F3IS/c10-5-1-2-6(13)4-3-7(9(11)12)14-8(4)5/h1-3,9H. The van der Waals surface area contributed by atoms with E-state index in [1.807, 2.05) is 22.6 Å². The third kappa shape index (κ3) is 1.63. The number of thiophene rings is 1. The Morgan fingerprint density at radius 2 is 2.00 bits per heavy atom. The summed E-state index contributed by atoms with van der Waals surface area (Å²) in [6.07, 6.45) is -2.53. The zero-order valence-electron chi connectivity index (χ0n) is 6.73. The maximum Gasteiger partial charge on any atom is 0.272 e. The van der Waals surface area contributed by atoms with E-state index in [0.29, 0.717) is 10.1 Å². The van der Waals surface area contributed by atoms with Crippen LogP contribution < -0.4 is 0 Å². The number of halogens is 4. The van der Waals surface area contributed by atoms with Crippen LogP contribution in [0.25, 0.3) is 10.1 Å². The molecule has 0 saturated carbocycles. The van der Waals surface area contributed by atoms with E-state index in [4.69, 9.17) is 0 Å². The summed E-state index contributed by atoms with van der Waals surface area (Å²) in [5.41, 5.74) is 0. The largest absolute Gasteiger partial charge is 0.272 e. The van der Waals surface area contributed by atoms with Crippen molar-refractivity contribution >= 4 is 44.0 Å². The second-order valence-electron chi connectivity index (χ2n) is 2.72. The van der Waals surface area contributed by atoms with E-state index in [-0.39, 0.29) is 4.88 Å². The summed E-state index contributed by atoms with van der Waals surface area (Å²) in [7, 11) is 0. The van der Waals surface area contributed by atoms with Crippen LogP contribution in [0.3, 0.4) is 0 Å². The maximum atomic E-state index is 13.2. The molecule has 0 amide bonds. The Hall–Kier alpha value is -0.300. The SMILES string of the molecule is Fc1ccc(I)c2cc(C(F)F)sc12. The molecule has 0 atom stereocenters. The quantitative estimate of drug-likeness (QED) is 0.672. The van der Waals surface area contributed by atoms with Crippen LogP contribution in [-0.2, 0) is 0 Å². The molecule has 0 N–H and O–H groups in total. The molecule has 0 aliphatic heterocycles. The number of rotatable bonds is 1. The molecule has 1 aromatic heterocycles. The van der Waals surface area contributed by atoms with Crippen molar-refractivity contribution in [1.29, 1.82) is 0 Å². The van der Waals surface area contributed by atoms with Gasteiger partial charge in [0, 0.05) is 8.96 Å². The Labute approximate surface area is 95.9 Å². The van der Waals surface area contributed by atoms with Crippen molar-refractivity contribution in [2.24, 2.45) is 0 Å². The first-order valence-electron chi connectivity index (χ1n) is 3.75. The van der Waals surface area contributed by atoms with Crippen LogP contribution in [0.1, 0.15) is 11.3 Å². The fourth-order valence-electron chi connectivity index (χ4n) is 1.18. The molecule has 0 aliphatic rings. The minimum Gasteiger partial charge on any atom is -0.205 e. The molecule has 0 saturated heterocycles. The van der Waals surface area contributed by atoms with E-state index in [0.717, 1.165) is 14.9 Å². The first-order valence-corrected chi connectivity index (χ1v) is 5.64. The van der Waals surface area contributed by atoms with E-state index in [1.54, 1.807) is 6.07 Å². The van der Waals surface area contributed by atoms with Crippen LogP contribution >= 0.6 is 33.9 Å². The third-order valence-corrected chi connectivity index (χ3v) is 3.91. The van der Waals surface area contributed by atoms with Crippen molar-refractivity contribution in [3.8, 4) is 0 Å². The van der Waals surface area contributed by atoms with Gasteiger partial charge in [0.15, 0.2) is 0 Å². The van der Waals surface area contributed by atoms with E-state index in [9.17, 15) is 13.2 Å². The molecule has 0 bridgehead atoms. The summed E-state index contributed by atoms with van der Waals surface area (Å²) in [5, 5.41) is 0.575. The lowest BCUT2D eigenvalue weighted by Crippen LogP contribution is -1.76. The van der Waals surface area contributed by atoms with Gasteiger partial charge in [0.25, 0.3) is 6.43 Å². The fourth-order valence-corrected chi connectivity index (χ4v) is 2.92. The Bertz CT molecular complexity index is 439. The van der Waals surface area contributed by atoms with Crippen molar-refractivity contribution in [1.82, 2.24) is 0 Å². The molecule has 1 heterocycles. The van der Waals surface area contributed by atoms with Crippen LogP contribution in [-0.4, -0.2) is 0 Å². The van der Waals surface area contributed by atoms with Crippen LogP contribution in [0.4, 0.5) is 13.2 Å². The van der Waals surface area contributed by atoms with Gasteiger partial charge >= 0.3 is 0 Å². The highest BCUT2D eigenvalue weighted by atomic mass is 127. The smallest absolute Gasteiger partial charge is 0.205 e. The van der Waals surface area contributed by atoms with Crippen molar-refractivity contribution in [3.63, 3.8) is 0 Å². The van der Waals surface area contributed by atoms with Crippen LogP contribution in [0.15, 0.2) is 18.2 Å². The molecule has 2 aromatic rings. The maximum absolute atomic E-state index is 13.2. The highest BCUT2D eigenvalue weighted by Gasteiger charge is 2.14. The molecule has 0 aliphatic carbocycles. The Morgan fingerprint density at radius 1 is 1.29 bits per heavy atom. The molecule has 0 unspecified atom stereocenters. The van der Waals surface area contributed by atoms with Gasteiger partial charge in [-0.15, -0.1) is 11.3 Å². The van der Waals surface area contributed by atoms with Gasteiger partial charge in [-0.2, -0.15) is 0 Å². The molecule has 74 valence electrons.